The fourth-order valence-corrected chi connectivity index (χ4v) is 7.45. The van der Waals surface area contributed by atoms with Crippen LogP contribution in [0.2, 0.25) is 0 Å². The lowest BCUT2D eigenvalue weighted by Gasteiger charge is -2.34. The topological polar surface area (TPSA) is 103 Å². The number of carbonyl (C=O) groups excluding carboxylic acids is 1. The van der Waals surface area contributed by atoms with Crippen molar-refractivity contribution in [1.82, 2.24) is 19.5 Å². The Bertz CT molecular complexity index is 1220. The molecule has 2 aliphatic rings. The smallest absolute Gasteiger partial charge is 0.252 e. The van der Waals surface area contributed by atoms with Crippen molar-refractivity contribution in [1.29, 1.82) is 0 Å². The van der Waals surface area contributed by atoms with Crippen LogP contribution in [0.4, 0.5) is 0 Å². The molecule has 0 unspecified atom stereocenters. The van der Waals surface area contributed by atoms with Crippen molar-refractivity contribution in [3.63, 3.8) is 0 Å². The van der Waals surface area contributed by atoms with Gasteiger partial charge in [-0.3, -0.25) is 9.59 Å². The van der Waals surface area contributed by atoms with E-state index in [-0.39, 0.29) is 28.0 Å². The minimum atomic E-state index is -3.69. The molecule has 2 aromatic rings. The zero-order chi connectivity index (χ0) is 25.2. The van der Waals surface area contributed by atoms with E-state index >= 15 is 0 Å². The van der Waals surface area contributed by atoms with Gasteiger partial charge in [-0.2, -0.15) is 4.31 Å². The normalized spacial score (nSPS) is 24.5. The Morgan fingerprint density at radius 3 is 2.57 bits per heavy atom. The van der Waals surface area contributed by atoms with E-state index in [9.17, 15) is 18.0 Å². The number of hydrogen-bond acceptors (Lipinski definition) is 5. The number of amides is 1. The van der Waals surface area contributed by atoms with E-state index in [1.54, 1.807) is 10.4 Å². The van der Waals surface area contributed by atoms with E-state index in [0.717, 1.165) is 45.3 Å². The number of hydrogen-bond donors (Lipinski definition) is 2. The molecular weight excluding hydrogens is 464 g/mol. The fraction of sp³-hybridized carbons (Fsp3) is 0.615. The van der Waals surface area contributed by atoms with E-state index < -0.39 is 10.0 Å². The highest BCUT2D eigenvalue weighted by atomic mass is 32.2. The second kappa shape index (κ2) is 10.8. The Morgan fingerprint density at radius 2 is 1.86 bits per heavy atom. The van der Waals surface area contributed by atoms with Crippen LogP contribution < -0.4 is 10.9 Å². The summed E-state index contributed by atoms with van der Waals surface area (Å²) in [4.78, 5) is 30.6. The Labute approximate surface area is 208 Å². The van der Waals surface area contributed by atoms with Crippen LogP contribution in [0.5, 0.6) is 0 Å². The van der Waals surface area contributed by atoms with Gasteiger partial charge in [0.1, 0.15) is 0 Å². The molecule has 1 amide bonds. The third kappa shape index (κ3) is 5.95. The predicted octanol–water partition coefficient (Wildman–Crippen LogP) is 3.19. The summed E-state index contributed by atoms with van der Waals surface area (Å²) in [6, 6.07) is 5.80. The minimum Gasteiger partial charge on any atom is -0.352 e. The van der Waals surface area contributed by atoms with Gasteiger partial charge >= 0.3 is 0 Å². The van der Waals surface area contributed by atoms with Crippen LogP contribution in [0.15, 0.2) is 34.0 Å². The van der Waals surface area contributed by atoms with Crippen molar-refractivity contribution >= 4 is 26.8 Å². The maximum absolute atomic E-state index is 13.3. The second-order valence-electron chi connectivity index (χ2n) is 10.5. The van der Waals surface area contributed by atoms with Crippen LogP contribution in [-0.2, 0) is 10.0 Å². The summed E-state index contributed by atoms with van der Waals surface area (Å²) in [6.07, 6.45) is 4.78. The van der Waals surface area contributed by atoms with Crippen LogP contribution in [0.1, 0.15) is 63.2 Å². The number of nitrogens with one attached hydrogen (secondary N) is 2. The first-order valence-corrected chi connectivity index (χ1v) is 14.3. The first-order valence-electron chi connectivity index (χ1n) is 12.8. The molecule has 0 bridgehead atoms. The molecule has 1 aromatic carbocycles. The highest BCUT2D eigenvalue weighted by molar-refractivity contribution is 7.89. The summed E-state index contributed by atoms with van der Waals surface area (Å²) < 4.78 is 28.2. The molecule has 2 aliphatic heterocycles. The van der Waals surface area contributed by atoms with Gasteiger partial charge in [-0.15, -0.1) is 0 Å². The zero-order valence-corrected chi connectivity index (χ0v) is 21.9. The standard InChI is InChI=1S/C26H38N4O4S/c1-18-13-19(2)17-29(16-18)11-6-10-27-26(32)23-15-25(31)28-24-9-8-21(14-22(23)24)35(33,34)30-12-5-4-7-20(30)3/h8-9,14-15,18-20H,4-7,10-13,16-17H2,1-3H3,(H,27,32)(H,28,31)/t18-,19-,20+/m1/s1. The molecule has 0 saturated carbocycles. The Hall–Kier alpha value is -2.23. The number of piperidine rings is 2. The van der Waals surface area contributed by atoms with Gasteiger partial charge in [0.25, 0.3) is 5.91 Å². The number of likely N-dealkylation sites (tertiary alicyclic amines) is 1. The van der Waals surface area contributed by atoms with Crippen LogP contribution >= 0.6 is 0 Å². The molecule has 0 radical (unpaired) electrons. The number of benzene rings is 1. The first-order chi connectivity index (χ1) is 16.6. The largest absolute Gasteiger partial charge is 0.352 e. The predicted molar refractivity (Wildman–Crippen MR) is 138 cm³/mol. The molecule has 0 aliphatic carbocycles. The molecule has 2 fully saturated rings. The lowest BCUT2D eigenvalue weighted by molar-refractivity contribution is 0.0948. The SMILES string of the molecule is C[C@@H]1C[C@@H](C)CN(CCCNC(=O)c2cc(=O)[nH]c3ccc(S(=O)(=O)N4CCCC[C@@H]4C)cc23)C1. The number of carbonyl (C=O) groups is 1. The number of sulfonamides is 1. The van der Waals surface area contributed by atoms with Gasteiger partial charge in [0.2, 0.25) is 15.6 Å². The number of fused-ring (bicyclic) bond motifs is 1. The van der Waals surface area contributed by atoms with E-state index in [4.69, 9.17) is 0 Å². The van der Waals surface area contributed by atoms with Crippen LogP contribution in [0, 0.1) is 11.8 Å². The molecule has 4 rings (SSSR count). The zero-order valence-electron chi connectivity index (χ0n) is 21.0. The third-order valence-corrected chi connectivity index (χ3v) is 9.30. The minimum absolute atomic E-state index is 0.0614. The maximum atomic E-state index is 13.3. The molecule has 0 spiro atoms. The number of aromatic nitrogens is 1. The summed E-state index contributed by atoms with van der Waals surface area (Å²) in [5.41, 5.74) is 0.261. The van der Waals surface area contributed by atoms with E-state index in [2.05, 4.69) is 29.0 Å². The van der Waals surface area contributed by atoms with E-state index in [0.29, 0.717) is 35.8 Å². The number of pyridine rings is 1. The molecular formula is C26H38N4O4S. The highest BCUT2D eigenvalue weighted by Gasteiger charge is 2.31. The summed E-state index contributed by atoms with van der Waals surface area (Å²) in [6.45, 7) is 10.6. The quantitative estimate of drug-likeness (QED) is 0.566. The van der Waals surface area contributed by atoms with Crippen LogP contribution in [-0.4, -0.2) is 67.3 Å². The number of nitrogens with zero attached hydrogens (tertiary/aromatic N) is 2. The molecule has 9 heteroatoms. The van der Waals surface area contributed by atoms with Crippen molar-refractivity contribution in [3.8, 4) is 0 Å². The summed E-state index contributed by atoms with van der Waals surface area (Å²) in [5, 5.41) is 3.37. The lowest BCUT2D eigenvalue weighted by atomic mass is 9.92. The molecule has 192 valence electrons. The van der Waals surface area contributed by atoms with Gasteiger partial charge in [-0.1, -0.05) is 20.3 Å². The molecule has 8 nitrogen and oxygen atoms in total. The Morgan fingerprint density at radius 1 is 1.11 bits per heavy atom. The molecule has 3 heterocycles. The van der Waals surface area contributed by atoms with E-state index in [1.165, 1.54) is 24.6 Å². The Balaban J connectivity index is 1.50. The monoisotopic (exact) mass is 502 g/mol. The fourth-order valence-electron chi connectivity index (χ4n) is 5.72. The van der Waals surface area contributed by atoms with Crippen molar-refractivity contribution < 1.29 is 13.2 Å². The number of aromatic amines is 1. The van der Waals surface area contributed by atoms with Crippen molar-refractivity contribution in [2.45, 2.75) is 63.8 Å². The number of rotatable bonds is 7. The maximum Gasteiger partial charge on any atom is 0.252 e. The van der Waals surface area contributed by atoms with Gasteiger partial charge in [0.05, 0.1) is 10.5 Å². The molecule has 2 N–H and O–H groups in total. The van der Waals surface area contributed by atoms with Gasteiger partial charge < -0.3 is 15.2 Å². The van der Waals surface area contributed by atoms with Gasteiger partial charge in [-0.25, -0.2) is 8.42 Å². The average Bonchev–Trinajstić information content (AvgIpc) is 2.80. The molecule has 35 heavy (non-hydrogen) atoms. The summed E-state index contributed by atoms with van der Waals surface area (Å²) >= 11 is 0. The van der Waals surface area contributed by atoms with Crippen molar-refractivity contribution in [3.05, 3.63) is 40.2 Å². The van der Waals surface area contributed by atoms with Crippen molar-refractivity contribution in [2.75, 3.05) is 32.7 Å². The molecule has 1 aromatic heterocycles. The third-order valence-electron chi connectivity index (χ3n) is 7.29. The summed E-state index contributed by atoms with van der Waals surface area (Å²) in [7, 11) is -3.69. The van der Waals surface area contributed by atoms with Gasteiger partial charge in [0, 0.05) is 49.2 Å². The molecule has 3 atom stereocenters. The molecule has 2 saturated heterocycles. The lowest BCUT2D eigenvalue weighted by Crippen LogP contribution is -2.41. The van der Waals surface area contributed by atoms with E-state index in [1.807, 2.05) is 6.92 Å². The Kier molecular flexibility index (Phi) is 7.98. The van der Waals surface area contributed by atoms with Crippen LogP contribution in [0.3, 0.4) is 0 Å². The van der Waals surface area contributed by atoms with Gasteiger partial charge in [-0.05, 0) is 69.2 Å². The number of H-pyrrole nitrogens is 1. The van der Waals surface area contributed by atoms with Crippen LogP contribution in [0.25, 0.3) is 10.9 Å². The average molecular weight is 503 g/mol. The van der Waals surface area contributed by atoms with Crippen molar-refractivity contribution in [2.24, 2.45) is 11.8 Å². The second-order valence-corrected chi connectivity index (χ2v) is 12.4. The summed E-state index contributed by atoms with van der Waals surface area (Å²) in [5.74, 6) is 1.02. The highest BCUT2D eigenvalue weighted by Crippen LogP contribution is 2.28. The van der Waals surface area contributed by atoms with Gasteiger partial charge in [0.15, 0.2) is 0 Å². The first kappa shape index (κ1) is 25.9.